The Labute approximate surface area is 171 Å². The third-order valence-electron chi connectivity index (χ3n) is 5.75. The van der Waals surface area contributed by atoms with Crippen molar-refractivity contribution in [1.29, 1.82) is 0 Å². The first-order valence-electron chi connectivity index (χ1n) is 10.0. The summed E-state index contributed by atoms with van der Waals surface area (Å²) < 4.78 is 27.3. The fraction of sp³-hybridized carbons (Fsp3) is 0.632. The van der Waals surface area contributed by atoms with E-state index in [1.54, 1.807) is 6.92 Å². The summed E-state index contributed by atoms with van der Waals surface area (Å²) in [5, 5.41) is 14.0. The molecule has 2 heterocycles. The Hall–Kier alpha value is -2.04. The molecular weight excluding hydrogens is 396 g/mol. The van der Waals surface area contributed by atoms with Crippen LogP contribution in [0.2, 0.25) is 0 Å². The molecule has 0 radical (unpaired) electrons. The van der Waals surface area contributed by atoms with Gasteiger partial charge in [0.25, 0.3) is 5.69 Å². The summed E-state index contributed by atoms with van der Waals surface area (Å²) in [5.41, 5.74) is 0.221. The van der Waals surface area contributed by atoms with Crippen molar-refractivity contribution in [2.24, 2.45) is 5.92 Å². The minimum Gasteiger partial charge on any atom is -0.355 e. The summed E-state index contributed by atoms with van der Waals surface area (Å²) in [6, 6.07) is 3.86. The zero-order valence-corrected chi connectivity index (χ0v) is 17.5. The molecule has 2 aliphatic rings. The lowest BCUT2D eigenvalue weighted by Gasteiger charge is -2.31. The van der Waals surface area contributed by atoms with Crippen LogP contribution in [0.15, 0.2) is 23.1 Å². The summed E-state index contributed by atoms with van der Waals surface area (Å²) in [7, 11) is -3.84. The lowest BCUT2D eigenvalue weighted by atomic mass is 9.97. The number of likely N-dealkylation sites (tertiary alicyclic amines) is 1. The standard InChI is InChI=1S/C19H28N4O5S/c1-15-4-5-17(23(25)26)14-18(15)29(27,28)22-11-6-16(7-12-22)19(24)20-8-13-21-9-2-3-10-21/h4-5,14,16H,2-3,6-13H2,1H3,(H,20,24). The molecule has 0 aromatic heterocycles. The number of nitro groups is 1. The second-order valence-corrected chi connectivity index (χ2v) is 9.63. The van der Waals surface area contributed by atoms with Gasteiger partial charge in [-0.05, 0) is 51.3 Å². The number of hydrogen-bond donors (Lipinski definition) is 1. The van der Waals surface area contributed by atoms with E-state index in [4.69, 9.17) is 0 Å². The fourth-order valence-electron chi connectivity index (χ4n) is 3.97. The number of nitrogens with zero attached hydrogens (tertiary/aromatic N) is 3. The maximum Gasteiger partial charge on any atom is 0.270 e. The molecule has 1 amide bonds. The summed E-state index contributed by atoms with van der Waals surface area (Å²) in [6.45, 7) is 5.72. The zero-order chi connectivity index (χ0) is 21.0. The van der Waals surface area contributed by atoms with Crippen molar-refractivity contribution in [3.8, 4) is 0 Å². The molecule has 0 bridgehead atoms. The number of sulfonamides is 1. The smallest absolute Gasteiger partial charge is 0.270 e. The van der Waals surface area contributed by atoms with Crippen LogP contribution in [-0.4, -0.2) is 67.7 Å². The number of carbonyl (C=O) groups is 1. The van der Waals surface area contributed by atoms with Crippen molar-refractivity contribution < 1.29 is 18.1 Å². The van der Waals surface area contributed by atoms with Gasteiger partial charge in [0, 0.05) is 44.2 Å². The van der Waals surface area contributed by atoms with E-state index in [0.29, 0.717) is 24.9 Å². The lowest BCUT2D eigenvalue weighted by molar-refractivity contribution is -0.385. The third kappa shape index (κ3) is 5.12. The van der Waals surface area contributed by atoms with E-state index in [9.17, 15) is 23.3 Å². The van der Waals surface area contributed by atoms with Crippen LogP contribution in [0.3, 0.4) is 0 Å². The highest BCUT2D eigenvalue weighted by molar-refractivity contribution is 7.89. The minimum atomic E-state index is -3.84. The van der Waals surface area contributed by atoms with E-state index in [-0.39, 0.29) is 35.5 Å². The van der Waals surface area contributed by atoms with Gasteiger partial charge in [0.15, 0.2) is 0 Å². The Kier molecular flexibility index (Phi) is 6.86. The predicted octanol–water partition coefficient (Wildman–Crippen LogP) is 1.52. The number of benzene rings is 1. The van der Waals surface area contributed by atoms with Crippen molar-refractivity contribution in [1.82, 2.24) is 14.5 Å². The number of hydrogen-bond acceptors (Lipinski definition) is 6. The molecule has 0 aliphatic carbocycles. The lowest BCUT2D eigenvalue weighted by Crippen LogP contribution is -2.44. The van der Waals surface area contributed by atoms with Crippen LogP contribution in [0, 0.1) is 23.0 Å². The van der Waals surface area contributed by atoms with Gasteiger partial charge < -0.3 is 10.2 Å². The maximum absolute atomic E-state index is 13.0. The largest absolute Gasteiger partial charge is 0.355 e. The SMILES string of the molecule is Cc1ccc([N+](=O)[O-])cc1S(=O)(=O)N1CCC(C(=O)NCCN2CCCC2)CC1. The Morgan fingerprint density at radius 1 is 1.21 bits per heavy atom. The Bertz CT molecular complexity index is 859. The number of amides is 1. The number of aryl methyl sites for hydroxylation is 1. The van der Waals surface area contributed by atoms with Crippen LogP contribution >= 0.6 is 0 Å². The van der Waals surface area contributed by atoms with Gasteiger partial charge in [-0.3, -0.25) is 14.9 Å². The van der Waals surface area contributed by atoms with Gasteiger partial charge in [-0.15, -0.1) is 0 Å². The molecule has 10 heteroatoms. The van der Waals surface area contributed by atoms with Crippen molar-refractivity contribution in [3.63, 3.8) is 0 Å². The van der Waals surface area contributed by atoms with Gasteiger partial charge in [0.2, 0.25) is 15.9 Å². The number of rotatable bonds is 7. The van der Waals surface area contributed by atoms with Gasteiger partial charge in [-0.25, -0.2) is 8.42 Å². The van der Waals surface area contributed by atoms with Gasteiger partial charge in [0.05, 0.1) is 9.82 Å². The quantitative estimate of drug-likeness (QED) is 0.524. The first kappa shape index (κ1) is 21.7. The highest BCUT2D eigenvalue weighted by Gasteiger charge is 2.33. The Morgan fingerprint density at radius 2 is 1.86 bits per heavy atom. The van der Waals surface area contributed by atoms with E-state index in [1.165, 1.54) is 29.3 Å². The average Bonchev–Trinajstić information content (AvgIpc) is 3.21. The predicted molar refractivity (Wildman–Crippen MR) is 108 cm³/mol. The number of non-ortho nitro benzene ring substituents is 1. The molecule has 2 aliphatic heterocycles. The Morgan fingerprint density at radius 3 is 2.48 bits per heavy atom. The monoisotopic (exact) mass is 424 g/mol. The van der Waals surface area contributed by atoms with Crippen molar-refractivity contribution in [2.45, 2.75) is 37.5 Å². The number of piperidine rings is 1. The molecule has 0 unspecified atom stereocenters. The van der Waals surface area contributed by atoms with Gasteiger partial charge in [-0.2, -0.15) is 4.31 Å². The average molecular weight is 425 g/mol. The van der Waals surface area contributed by atoms with Gasteiger partial charge in [-0.1, -0.05) is 6.07 Å². The van der Waals surface area contributed by atoms with E-state index in [0.717, 1.165) is 25.7 Å². The fourth-order valence-corrected chi connectivity index (χ4v) is 5.68. The summed E-state index contributed by atoms with van der Waals surface area (Å²) in [4.78, 5) is 25.1. The summed E-state index contributed by atoms with van der Waals surface area (Å²) >= 11 is 0. The van der Waals surface area contributed by atoms with Crippen molar-refractivity contribution in [2.75, 3.05) is 39.3 Å². The van der Waals surface area contributed by atoms with Crippen molar-refractivity contribution in [3.05, 3.63) is 33.9 Å². The molecule has 2 saturated heterocycles. The topological polar surface area (TPSA) is 113 Å². The van der Waals surface area contributed by atoms with E-state index >= 15 is 0 Å². The highest BCUT2D eigenvalue weighted by Crippen LogP contribution is 2.28. The van der Waals surface area contributed by atoms with Crippen LogP contribution in [0.4, 0.5) is 5.69 Å². The molecule has 0 saturated carbocycles. The normalized spacial score (nSPS) is 19.3. The molecular formula is C19H28N4O5S. The third-order valence-corrected chi connectivity index (χ3v) is 7.79. The van der Waals surface area contributed by atoms with E-state index < -0.39 is 14.9 Å². The highest BCUT2D eigenvalue weighted by atomic mass is 32.2. The molecule has 29 heavy (non-hydrogen) atoms. The number of nitro benzene ring substituents is 1. The van der Waals surface area contributed by atoms with E-state index in [1.807, 2.05) is 0 Å². The van der Waals surface area contributed by atoms with Gasteiger partial charge in [0.1, 0.15) is 0 Å². The maximum atomic E-state index is 13.0. The van der Waals surface area contributed by atoms with Crippen LogP contribution in [0.25, 0.3) is 0 Å². The van der Waals surface area contributed by atoms with Gasteiger partial charge >= 0.3 is 0 Å². The molecule has 1 N–H and O–H groups in total. The van der Waals surface area contributed by atoms with E-state index in [2.05, 4.69) is 10.2 Å². The molecule has 0 atom stereocenters. The van der Waals surface area contributed by atoms with Crippen LogP contribution in [0.1, 0.15) is 31.2 Å². The van der Waals surface area contributed by atoms with Crippen LogP contribution < -0.4 is 5.32 Å². The zero-order valence-electron chi connectivity index (χ0n) is 16.7. The molecule has 3 rings (SSSR count). The van der Waals surface area contributed by atoms with Crippen LogP contribution in [0.5, 0.6) is 0 Å². The van der Waals surface area contributed by atoms with Crippen molar-refractivity contribution >= 4 is 21.6 Å². The minimum absolute atomic E-state index is 0.0206. The molecule has 9 nitrogen and oxygen atoms in total. The number of nitrogens with one attached hydrogen (secondary N) is 1. The molecule has 1 aromatic carbocycles. The first-order valence-corrected chi connectivity index (χ1v) is 11.5. The molecule has 160 valence electrons. The number of carbonyl (C=O) groups excluding carboxylic acids is 1. The molecule has 0 spiro atoms. The second kappa shape index (κ2) is 9.19. The molecule has 2 fully saturated rings. The summed E-state index contributed by atoms with van der Waals surface area (Å²) in [5.74, 6) is -0.223. The summed E-state index contributed by atoms with van der Waals surface area (Å²) in [6.07, 6.45) is 3.32. The second-order valence-electron chi connectivity index (χ2n) is 7.73. The first-order chi connectivity index (χ1) is 13.8. The van der Waals surface area contributed by atoms with Crippen LogP contribution in [-0.2, 0) is 14.8 Å². The molecule has 1 aromatic rings. The Balaban J connectivity index is 1.56.